The van der Waals surface area contributed by atoms with Gasteiger partial charge in [0.05, 0.1) is 22.1 Å². The quantitative estimate of drug-likeness (QED) is 0.287. The largest absolute Gasteiger partial charge is 0.492 e. The Hall–Kier alpha value is -1.89. The summed E-state index contributed by atoms with van der Waals surface area (Å²) in [7, 11) is 1.83. The number of rotatable bonds is 6. The van der Waals surface area contributed by atoms with Crippen molar-refractivity contribution < 1.29 is 45.4 Å². The molecule has 216 valence electrons. The summed E-state index contributed by atoms with van der Waals surface area (Å²) in [5.74, 6) is -7.61. The molecule has 1 heterocycles. The smallest absolute Gasteiger partial charge is 0.420 e. The van der Waals surface area contributed by atoms with Gasteiger partial charge in [0.1, 0.15) is 12.4 Å². The molecule has 1 aromatic rings. The van der Waals surface area contributed by atoms with Crippen LogP contribution in [0.2, 0.25) is 0 Å². The molecule has 1 aromatic carbocycles. The number of likely N-dealkylation sites (N-methyl/N-ethyl adjacent to an activating group) is 1. The summed E-state index contributed by atoms with van der Waals surface area (Å²) in [5.41, 5.74) is -0.938. The number of benzene rings is 1. The number of halogens is 7. The number of hydrogen-bond donors (Lipinski definition) is 1. The maximum absolute atomic E-state index is 13.9. The summed E-state index contributed by atoms with van der Waals surface area (Å²) in [6.07, 6.45) is -3.95. The number of anilines is 1. The van der Waals surface area contributed by atoms with Crippen molar-refractivity contribution in [2.45, 2.75) is 81.8 Å². The van der Waals surface area contributed by atoms with E-state index in [-0.39, 0.29) is 37.3 Å². The molecule has 4 rings (SSSR count). The van der Waals surface area contributed by atoms with Gasteiger partial charge < -0.3 is 14.7 Å². The van der Waals surface area contributed by atoms with Crippen LogP contribution in [0.1, 0.15) is 58.4 Å². The average molecular weight is 575 g/mol. The predicted octanol–water partition coefficient (Wildman–Crippen LogP) is 7.19. The first-order chi connectivity index (χ1) is 17.3. The molecule has 2 fully saturated rings. The van der Waals surface area contributed by atoms with E-state index in [0.717, 1.165) is 13.0 Å². The van der Waals surface area contributed by atoms with Gasteiger partial charge in [-0.2, -0.15) is 13.2 Å². The molecule has 2 aliphatic carbocycles. The second-order valence-electron chi connectivity index (χ2n) is 10.7. The highest BCUT2D eigenvalue weighted by Gasteiger charge is 2.62. The lowest BCUT2D eigenvalue weighted by Crippen LogP contribution is -2.60. The number of carboxylic acid groups (broad SMARTS) is 1. The Morgan fingerprint density at radius 3 is 2.24 bits per heavy atom. The molecule has 1 N–H and O–H groups in total. The standard InChI is InChI=1S/C21H25F5N2O3S.C4H8F2/c1-12(18(29)30)9-31-16-6-17-15(5-14(16)21(24,25)26)28(4-3-27(2)32-17)13-7-19(8-13)10-20(22,23)11-19;1-3-4(2,5)6/h5-6,12-13H,3-4,7-11H2,1-2H3,(H,29,30);3H2,1-2H3. The third-order valence-electron chi connectivity index (χ3n) is 7.16. The number of nitrogens with zero attached hydrogens (tertiary/aromatic N) is 2. The summed E-state index contributed by atoms with van der Waals surface area (Å²) in [6.45, 7) is 4.42. The van der Waals surface area contributed by atoms with E-state index in [1.54, 1.807) is 0 Å². The van der Waals surface area contributed by atoms with Crippen molar-refractivity contribution in [3.05, 3.63) is 17.7 Å². The van der Waals surface area contributed by atoms with E-state index in [1.165, 1.54) is 31.9 Å². The molecular formula is C25H33F7N2O3S. The summed E-state index contributed by atoms with van der Waals surface area (Å²) < 4.78 is 98.5. The zero-order valence-electron chi connectivity index (χ0n) is 21.7. The summed E-state index contributed by atoms with van der Waals surface area (Å²) in [4.78, 5) is 13.5. The summed E-state index contributed by atoms with van der Waals surface area (Å²) in [5, 5.41) is 9.02. The number of carboxylic acids is 1. The van der Waals surface area contributed by atoms with E-state index < -0.39 is 41.2 Å². The van der Waals surface area contributed by atoms with Gasteiger partial charge in [0.2, 0.25) is 11.8 Å². The monoisotopic (exact) mass is 574 g/mol. The van der Waals surface area contributed by atoms with E-state index >= 15 is 0 Å². The zero-order valence-corrected chi connectivity index (χ0v) is 22.5. The SMILES string of the molecule is CC(COc1cc2c(cc1C(F)(F)F)N(C1CC3(C1)CC(F)(F)C3)CCN(C)S2)C(=O)O.CCC(C)(F)F. The van der Waals surface area contributed by atoms with E-state index in [0.29, 0.717) is 36.5 Å². The second kappa shape index (κ2) is 10.9. The van der Waals surface area contributed by atoms with Gasteiger partial charge in [-0.15, -0.1) is 0 Å². The van der Waals surface area contributed by atoms with Gasteiger partial charge in [0, 0.05) is 38.4 Å². The van der Waals surface area contributed by atoms with Crippen LogP contribution in [-0.2, 0) is 11.0 Å². The van der Waals surface area contributed by atoms with E-state index in [2.05, 4.69) is 0 Å². The molecule has 0 bridgehead atoms. The molecule has 0 amide bonds. The Morgan fingerprint density at radius 1 is 1.18 bits per heavy atom. The molecule has 5 nitrogen and oxygen atoms in total. The van der Waals surface area contributed by atoms with Crippen LogP contribution in [-0.4, -0.2) is 60.0 Å². The van der Waals surface area contributed by atoms with Crippen LogP contribution >= 0.6 is 11.9 Å². The number of carbonyl (C=O) groups is 1. The second-order valence-corrected chi connectivity index (χ2v) is 11.9. The maximum Gasteiger partial charge on any atom is 0.420 e. The molecular weight excluding hydrogens is 541 g/mol. The van der Waals surface area contributed by atoms with Crippen LogP contribution in [0.3, 0.4) is 0 Å². The molecule has 1 spiro atoms. The van der Waals surface area contributed by atoms with Crippen molar-refractivity contribution >= 4 is 23.6 Å². The van der Waals surface area contributed by atoms with Crippen molar-refractivity contribution in [2.75, 3.05) is 31.6 Å². The fourth-order valence-corrected chi connectivity index (χ4v) is 5.87. The molecule has 13 heteroatoms. The molecule has 1 atom stereocenters. The Morgan fingerprint density at radius 2 is 1.76 bits per heavy atom. The topological polar surface area (TPSA) is 53.0 Å². The average Bonchev–Trinajstić information content (AvgIpc) is 2.90. The van der Waals surface area contributed by atoms with Gasteiger partial charge in [-0.25, -0.2) is 21.9 Å². The van der Waals surface area contributed by atoms with Gasteiger partial charge >= 0.3 is 12.1 Å². The molecule has 0 aromatic heterocycles. The predicted molar refractivity (Wildman–Crippen MR) is 130 cm³/mol. The van der Waals surface area contributed by atoms with Gasteiger partial charge in [0.25, 0.3) is 0 Å². The van der Waals surface area contributed by atoms with Crippen molar-refractivity contribution in [3.8, 4) is 5.75 Å². The summed E-state index contributed by atoms with van der Waals surface area (Å²) in [6, 6.07) is 2.29. The third kappa shape index (κ3) is 7.40. The molecule has 0 saturated heterocycles. The Bertz CT molecular complexity index is 1000. The molecule has 3 aliphatic rings. The van der Waals surface area contributed by atoms with Crippen LogP contribution in [0.4, 0.5) is 36.4 Å². The first-order valence-electron chi connectivity index (χ1n) is 12.4. The van der Waals surface area contributed by atoms with Gasteiger partial charge in [-0.05, 0) is 63.2 Å². The maximum atomic E-state index is 13.9. The lowest BCUT2D eigenvalue weighted by Gasteiger charge is -2.60. The van der Waals surface area contributed by atoms with Crippen molar-refractivity contribution in [2.24, 2.45) is 11.3 Å². The Kier molecular flexibility index (Phi) is 8.82. The molecule has 1 aliphatic heterocycles. The number of fused-ring (bicyclic) bond motifs is 1. The first-order valence-corrected chi connectivity index (χ1v) is 13.1. The minimum Gasteiger partial charge on any atom is -0.492 e. The van der Waals surface area contributed by atoms with Gasteiger partial charge in [0.15, 0.2) is 0 Å². The zero-order chi connectivity index (χ0) is 28.7. The lowest BCUT2D eigenvalue weighted by molar-refractivity contribution is -0.195. The van der Waals surface area contributed by atoms with Crippen LogP contribution in [0.15, 0.2) is 17.0 Å². The molecule has 1 unspecified atom stereocenters. The van der Waals surface area contributed by atoms with Gasteiger partial charge in [-0.3, -0.25) is 4.79 Å². The Balaban J connectivity index is 0.000000599. The van der Waals surface area contributed by atoms with E-state index in [1.807, 2.05) is 16.3 Å². The third-order valence-corrected chi connectivity index (χ3v) is 8.18. The van der Waals surface area contributed by atoms with Crippen molar-refractivity contribution in [3.63, 3.8) is 0 Å². The van der Waals surface area contributed by atoms with E-state index in [4.69, 9.17) is 9.84 Å². The highest BCUT2D eigenvalue weighted by atomic mass is 32.2. The highest BCUT2D eigenvalue weighted by molar-refractivity contribution is 7.97. The van der Waals surface area contributed by atoms with Crippen molar-refractivity contribution in [1.29, 1.82) is 0 Å². The van der Waals surface area contributed by atoms with E-state index in [9.17, 15) is 35.5 Å². The molecule has 2 saturated carbocycles. The number of ether oxygens (including phenoxy) is 1. The van der Waals surface area contributed by atoms with Gasteiger partial charge in [-0.1, -0.05) is 6.92 Å². The van der Waals surface area contributed by atoms with Crippen LogP contribution < -0.4 is 9.64 Å². The summed E-state index contributed by atoms with van der Waals surface area (Å²) >= 11 is 1.29. The normalized spacial score (nSPS) is 21.8. The van der Waals surface area contributed by atoms with Crippen LogP contribution in [0.5, 0.6) is 5.75 Å². The molecule has 38 heavy (non-hydrogen) atoms. The van der Waals surface area contributed by atoms with Crippen LogP contribution in [0.25, 0.3) is 0 Å². The minimum atomic E-state index is -4.69. The van der Waals surface area contributed by atoms with Crippen molar-refractivity contribution in [1.82, 2.24) is 4.31 Å². The minimum absolute atomic E-state index is 0.0625. The number of aliphatic carboxylic acids is 1. The number of alkyl halides is 7. The fraction of sp³-hybridized carbons (Fsp3) is 0.720. The molecule has 0 radical (unpaired) electrons. The number of hydrogen-bond acceptors (Lipinski definition) is 5. The first kappa shape index (κ1) is 30.6. The lowest BCUT2D eigenvalue weighted by atomic mass is 9.52. The highest BCUT2D eigenvalue weighted by Crippen LogP contribution is 2.64. The fourth-order valence-electron chi connectivity index (χ4n) is 4.93. The van der Waals surface area contributed by atoms with Crippen LogP contribution in [0, 0.1) is 11.3 Å². The Labute approximate surface area is 221 Å².